The molecule has 0 amide bonds. The van der Waals surface area contributed by atoms with Gasteiger partial charge in [0.2, 0.25) is 0 Å². The molecule has 1 heterocycles. The Morgan fingerprint density at radius 2 is 1.19 bits per heavy atom. The predicted octanol–water partition coefficient (Wildman–Crippen LogP) is 4.69. The summed E-state index contributed by atoms with van der Waals surface area (Å²) in [6.07, 6.45) is -1.43. The van der Waals surface area contributed by atoms with Crippen molar-refractivity contribution in [3.8, 4) is 0 Å². The molecule has 3 aromatic rings. The fraction of sp³-hybridized carbons (Fsp3) is 0.296. The fourth-order valence-corrected chi connectivity index (χ4v) is 3.79. The predicted molar refractivity (Wildman–Crippen MR) is 121 cm³/mol. The molecule has 0 N–H and O–H groups in total. The SMILES string of the molecule is C[C@]1(COCc2ccccc2)OC(=O)[C@H](OCc2ccccc2)[C@@H]1OCc1ccccc1. The number of carbonyl (C=O) groups excluding carboxylic acids is 1. The Labute approximate surface area is 188 Å². The van der Waals surface area contributed by atoms with Crippen LogP contribution < -0.4 is 0 Å². The first-order chi connectivity index (χ1) is 15.6. The molecule has 0 unspecified atom stereocenters. The number of cyclic esters (lactones) is 1. The van der Waals surface area contributed by atoms with Crippen LogP contribution in [0.3, 0.4) is 0 Å². The van der Waals surface area contributed by atoms with Crippen LogP contribution >= 0.6 is 0 Å². The van der Waals surface area contributed by atoms with Gasteiger partial charge in [0.05, 0.1) is 26.4 Å². The summed E-state index contributed by atoms with van der Waals surface area (Å²) in [4.78, 5) is 12.8. The molecule has 1 aliphatic heterocycles. The Kier molecular flexibility index (Phi) is 7.32. The first kappa shape index (κ1) is 22.2. The maximum Gasteiger partial charge on any atom is 0.338 e. The van der Waals surface area contributed by atoms with Gasteiger partial charge in [-0.15, -0.1) is 0 Å². The van der Waals surface area contributed by atoms with Crippen LogP contribution in [0.2, 0.25) is 0 Å². The molecule has 0 saturated carbocycles. The van der Waals surface area contributed by atoms with E-state index in [-0.39, 0.29) is 6.61 Å². The average molecular weight is 433 g/mol. The molecule has 0 spiro atoms. The summed E-state index contributed by atoms with van der Waals surface area (Å²) in [5, 5.41) is 0. The molecule has 0 aromatic heterocycles. The van der Waals surface area contributed by atoms with Crippen LogP contribution in [0.1, 0.15) is 23.6 Å². The number of hydrogen-bond donors (Lipinski definition) is 0. The third-order valence-corrected chi connectivity index (χ3v) is 5.49. The van der Waals surface area contributed by atoms with Gasteiger partial charge in [0.15, 0.2) is 11.7 Å². The third-order valence-electron chi connectivity index (χ3n) is 5.49. The number of esters is 1. The standard InChI is InChI=1S/C27H28O5/c1-27(20-29-17-21-11-5-2-6-12-21)25(31-19-23-15-9-4-10-16-23)24(26(28)32-27)30-18-22-13-7-3-8-14-22/h2-16,24-25H,17-20H2,1H3/t24-,25+,27-/m1/s1. The lowest BCUT2D eigenvalue weighted by Crippen LogP contribution is -2.46. The zero-order valence-corrected chi connectivity index (χ0v) is 18.2. The van der Waals surface area contributed by atoms with Crippen LogP contribution in [0.15, 0.2) is 91.0 Å². The quantitative estimate of drug-likeness (QED) is 0.435. The van der Waals surface area contributed by atoms with Gasteiger partial charge in [0, 0.05) is 0 Å². The zero-order chi connectivity index (χ0) is 22.2. The minimum absolute atomic E-state index is 0.207. The maximum absolute atomic E-state index is 12.8. The minimum Gasteiger partial charge on any atom is -0.452 e. The van der Waals surface area contributed by atoms with E-state index in [0.717, 1.165) is 16.7 Å². The molecule has 32 heavy (non-hydrogen) atoms. The lowest BCUT2D eigenvalue weighted by molar-refractivity contribution is -0.160. The highest BCUT2D eigenvalue weighted by Crippen LogP contribution is 2.33. The van der Waals surface area contributed by atoms with Crippen molar-refractivity contribution in [3.63, 3.8) is 0 Å². The van der Waals surface area contributed by atoms with Crippen LogP contribution in [-0.4, -0.2) is 30.4 Å². The molecule has 4 rings (SSSR count). The molecule has 0 aliphatic carbocycles. The molecule has 5 nitrogen and oxygen atoms in total. The van der Waals surface area contributed by atoms with E-state index in [0.29, 0.717) is 19.8 Å². The Balaban J connectivity index is 1.45. The van der Waals surface area contributed by atoms with Gasteiger partial charge in [0.25, 0.3) is 0 Å². The number of ether oxygens (including phenoxy) is 4. The third kappa shape index (κ3) is 5.62. The lowest BCUT2D eigenvalue weighted by Gasteiger charge is -2.30. The molecule has 3 aromatic carbocycles. The van der Waals surface area contributed by atoms with E-state index in [9.17, 15) is 4.79 Å². The average Bonchev–Trinajstić information content (AvgIpc) is 3.07. The van der Waals surface area contributed by atoms with Gasteiger partial charge in [0.1, 0.15) is 6.10 Å². The van der Waals surface area contributed by atoms with Gasteiger partial charge in [-0.1, -0.05) is 91.0 Å². The van der Waals surface area contributed by atoms with Crippen molar-refractivity contribution in [2.24, 2.45) is 0 Å². The van der Waals surface area contributed by atoms with Gasteiger partial charge in [-0.3, -0.25) is 0 Å². The molecule has 3 atom stereocenters. The van der Waals surface area contributed by atoms with Crippen LogP contribution in [0.4, 0.5) is 0 Å². The van der Waals surface area contributed by atoms with Crippen molar-refractivity contribution in [3.05, 3.63) is 108 Å². The summed E-state index contributed by atoms with van der Waals surface area (Å²) in [7, 11) is 0. The Hall–Kier alpha value is -2.99. The Morgan fingerprint density at radius 1 is 0.719 bits per heavy atom. The molecule has 1 fully saturated rings. The van der Waals surface area contributed by atoms with Crippen molar-refractivity contribution >= 4 is 5.97 Å². The van der Waals surface area contributed by atoms with E-state index >= 15 is 0 Å². The van der Waals surface area contributed by atoms with Crippen molar-refractivity contribution in [2.45, 2.75) is 44.6 Å². The second-order valence-corrected chi connectivity index (χ2v) is 8.15. The second kappa shape index (κ2) is 10.6. The van der Waals surface area contributed by atoms with E-state index in [1.54, 1.807) is 0 Å². The first-order valence-electron chi connectivity index (χ1n) is 10.8. The molecule has 5 heteroatoms. The number of rotatable bonds is 10. The molecule has 0 radical (unpaired) electrons. The lowest BCUT2D eigenvalue weighted by atomic mass is 9.98. The van der Waals surface area contributed by atoms with E-state index in [1.165, 1.54) is 0 Å². The van der Waals surface area contributed by atoms with Crippen LogP contribution in [0, 0.1) is 0 Å². The molecular weight excluding hydrogens is 404 g/mol. The Morgan fingerprint density at radius 3 is 1.72 bits per heavy atom. The summed E-state index contributed by atoms with van der Waals surface area (Å²) in [6.45, 7) is 3.12. The van der Waals surface area contributed by atoms with Crippen LogP contribution in [-0.2, 0) is 43.6 Å². The minimum atomic E-state index is -0.956. The molecule has 1 aliphatic rings. The van der Waals surface area contributed by atoms with Gasteiger partial charge in [-0.2, -0.15) is 0 Å². The first-order valence-corrected chi connectivity index (χ1v) is 10.8. The normalized spacial score (nSPS) is 22.6. The topological polar surface area (TPSA) is 54.0 Å². The summed E-state index contributed by atoms with van der Waals surface area (Å²) < 4.78 is 23.9. The van der Waals surface area contributed by atoms with E-state index in [1.807, 2.05) is 97.9 Å². The van der Waals surface area contributed by atoms with Gasteiger partial charge >= 0.3 is 5.97 Å². The number of hydrogen-bond acceptors (Lipinski definition) is 5. The fourth-order valence-electron chi connectivity index (χ4n) is 3.79. The van der Waals surface area contributed by atoms with Crippen molar-refractivity contribution in [1.82, 2.24) is 0 Å². The van der Waals surface area contributed by atoms with Crippen molar-refractivity contribution in [2.75, 3.05) is 6.61 Å². The number of carbonyl (C=O) groups is 1. The van der Waals surface area contributed by atoms with Gasteiger partial charge in [-0.25, -0.2) is 4.79 Å². The smallest absolute Gasteiger partial charge is 0.338 e. The maximum atomic E-state index is 12.8. The Bertz CT molecular complexity index is 977. The second-order valence-electron chi connectivity index (χ2n) is 8.15. The van der Waals surface area contributed by atoms with Crippen LogP contribution in [0.5, 0.6) is 0 Å². The van der Waals surface area contributed by atoms with Crippen molar-refractivity contribution in [1.29, 1.82) is 0 Å². The molecule has 1 saturated heterocycles. The molecule has 0 bridgehead atoms. The molecular formula is C27H28O5. The summed E-state index contributed by atoms with van der Waals surface area (Å²) in [6, 6.07) is 29.5. The van der Waals surface area contributed by atoms with Crippen molar-refractivity contribution < 1.29 is 23.7 Å². The largest absolute Gasteiger partial charge is 0.452 e. The summed E-state index contributed by atoms with van der Waals surface area (Å²) >= 11 is 0. The summed E-state index contributed by atoms with van der Waals surface area (Å²) in [5.74, 6) is -0.426. The van der Waals surface area contributed by atoms with Crippen LogP contribution in [0.25, 0.3) is 0 Å². The molecule has 166 valence electrons. The van der Waals surface area contributed by atoms with E-state index < -0.39 is 23.8 Å². The van der Waals surface area contributed by atoms with Gasteiger partial charge in [-0.05, 0) is 23.6 Å². The monoisotopic (exact) mass is 432 g/mol. The van der Waals surface area contributed by atoms with E-state index in [4.69, 9.17) is 18.9 Å². The number of benzene rings is 3. The highest BCUT2D eigenvalue weighted by Gasteiger charge is 2.55. The van der Waals surface area contributed by atoms with E-state index in [2.05, 4.69) is 0 Å². The zero-order valence-electron chi connectivity index (χ0n) is 18.2. The highest BCUT2D eigenvalue weighted by atomic mass is 16.7. The highest BCUT2D eigenvalue weighted by molar-refractivity contribution is 5.79. The summed E-state index contributed by atoms with van der Waals surface area (Å²) in [5.41, 5.74) is 2.10. The van der Waals surface area contributed by atoms with Gasteiger partial charge < -0.3 is 18.9 Å².